The Morgan fingerprint density at radius 3 is 2.75 bits per heavy atom. The minimum atomic E-state index is -0.0445. The lowest BCUT2D eigenvalue weighted by Gasteiger charge is -2.22. The summed E-state index contributed by atoms with van der Waals surface area (Å²) in [5.74, 6) is -0.0781. The van der Waals surface area contributed by atoms with Gasteiger partial charge in [-0.3, -0.25) is 19.2 Å². The number of carbonyl (C=O) groups excluding carboxylic acids is 2. The molecule has 1 aliphatic rings. The summed E-state index contributed by atoms with van der Waals surface area (Å²) in [6.45, 7) is 8.09. The van der Waals surface area contributed by atoms with Crippen molar-refractivity contribution in [1.82, 2.24) is 24.9 Å². The van der Waals surface area contributed by atoms with Crippen LogP contribution in [0.2, 0.25) is 0 Å². The maximum absolute atomic E-state index is 12.3. The van der Waals surface area contributed by atoms with Gasteiger partial charge in [0, 0.05) is 57.4 Å². The molecular formula is C17H29N5O2. The Hall–Kier alpha value is -1.89. The first-order valence-electron chi connectivity index (χ1n) is 8.75. The number of nitrogens with zero attached hydrogens (tertiary/aromatic N) is 4. The van der Waals surface area contributed by atoms with Crippen molar-refractivity contribution in [2.45, 2.75) is 33.2 Å². The predicted molar refractivity (Wildman–Crippen MR) is 92.1 cm³/mol. The monoisotopic (exact) mass is 335 g/mol. The standard InChI is InChI=1S/C17H29N5O2/c1-4-14(2)17(24)18-11-16(23)22-7-5-6-21(8-9-22)13-15-10-19-20(3)12-15/h10,12,14H,4-9,11,13H2,1-3H3,(H,18,24). The van der Waals surface area contributed by atoms with Gasteiger partial charge in [-0.05, 0) is 12.8 Å². The van der Waals surface area contributed by atoms with Crippen LogP contribution in [-0.2, 0) is 23.2 Å². The number of nitrogens with one attached hydrogen (secondary N) is 1. The van der Waals surface area contributed by atoms with Crippen molar-refractivity contribution in [2.24, 2.45) is 13.0 Å². The number of aromatic nitrogens is 2. The molecule has 0 saturated carbocycles. The molecule has 2 heterocycles. The molecule has 0 radical (unpaired) electrons. The zero-order valence-corrected chi connectivity index (χ0v) is 15.0. The second-order valence-electron chi connectivity index (χ2n) is 6.56. The van der Waals surface area contributed by atoms with Gasteiger partial charge in [-0.25, -0.2) is 0 Å². The third kappa shape index (κ3) is 5.33. The van der Waals surface area contributed by atoms with Gasteiger partial charge in [-0.2, -0.15) is 5.10 Å². The Morgan fingerprint density at radius 1 is 1.29 bits per heavy atom. The van der Waals surface area contributed by atoms with Crippen LogP contribution in [0.4, 0.5) is 0 Å². The van der Waals surface area contributed by atoms with E-state index in [9.17, 15) is 9.59 Å². The first-order valence-corrected chi connectivity index (χ1v) is 8.75. The fourth-order valence-electron chi connectivity index (χ4n) is 2.82. The largest absolute Gasteiger partial charge is 0.347 e. The van der Waals surface area contributed by atoms with Gasteiger partial charge in [-0.15, -0.1) is 0 Å². The Bertz CT molecular complexity index is 557. The average molecular weight is 335 g/mol. The third-order valence-electron chi connectivity index (χ3n) is 4.58. The molecular weight excluding hydrogens is 306 g/mol. The van der Waals surface area contributed by atoms with Crippen molar-refractivity contribution in [1.29, 1.82) is 0 Å². The Labute approximate surface area is 144 Å². The SMILES string of the molecule is CCC(C)C(=O)NCC(=O)N1CCCN(Cc2cnn(C)c2)CC1. The molecule has 0 bridgehead atoms. The van der Waals surface area contributed by atoms with E-state index < -0.39 is 0 Å². The first kappa shape index (κ1) is 18.4. The van der Waals surface area contributed by atoms with Gasteiger partial charge in [0.1, 0.15) is 0 Å². The lowest BCUT2D eigenvalue weighted by molar-refractivity contribution is -0.133. The van der Waals surface area contributed by atoms with E-state index >= 15 is 0 Å². The van der Waals surface area contributed by atoms with E-state index in [2.05, 4.69) is 15.3 Å². The lowest BCUT2D eigenvalue weighted by Crippen LogP contribution is -2.43. The van der Waals surface area contributed by atoms with E-state index in [1.165, 1.54) is 5.56 Å². The van der Waals surface area contributed by atoms with Gasteiger partial charge in [0.15, 0.2) is 0 Å². The summed E-state index contributed by atoms with van der Waals surface area (Å²) < 4.78 is 1.81. The highest BCUT2D eigenvalue weighted by Crippen LogP contribution is 2.08. The summed E-state index contributed by atoms with van der Waals surface area (Å²) in [6, 6.07) is 0. The maximum Gasteiger partial charge on any atom is 0.242 e. The summed E-state index contributed by atoms with van der Waals surface area (Å²) in [7, 11) is 1.92. The van der Waals surface area contributed by atoms with Gasteiger partial charge >= 0.3 is 0 Å². The highest BCUT2D eigenvalue weighted by Gasteiger charge is 2.20. The normalized spacial score (nSPS) is 17.4. The van der Waals surface area contributed by atoms with Crippen molar-refractivity contribution < 1.29 is 9.59 Å². The van der Waals surface area contributed by atoms with Crippen molar-refractivity contribution >= 4 is 11.8 Å². The van der Waals surface area contributed by atoms with Crippen molar-refractivity contribution in [3.05, 3.63) is 18.0 Å². The van der Waals surface area contributed by atoms with Crippen LogP contribution >= 0.6 is 0 Å². The quantitative estimate of drug-likeness (QED) is 0.827. The van der Waals surface area contributed by atoms with Crippen molar-refractivity contribution in [3.8, 4) is 0 Å². The number of amides is 2. The Balaban J connectivity index is 1.77. The zero-order valence-electron chi connectivity index (χ0n) is 15.0. The summed E-state index contributed by atoms with van der Waals surface area (Å²) >= 11 is 0. The Kier molecular flexibility index (Phi) is 6.78. The number of carbonyl (C=O) groups is 2. The second-order valence-corrected chi connectivity index (χ2v) is 6.56. The fourth-order valence-corrected chi connectivity index (χ4v) is 2.82. The van der Waals surface area contributed by atoms with E-state index in [1.807, 2.05) is 42.9 Å². The van der Waals surface area contributed by atoms with Gasteiger partial charge in [0.25, 0.3) is 0 Å². The number of hydrogen-bond acceptors (Lipinski definition) is 4. The number of hydrogen-bond donors (Lipinski definition) is 1. The number of aryl methyl sites for hydroxylation is 1. The van der Waals surface area contributed by atoms with Gasteiger partial charge in [0.05, 0.1) is 12.7 Å². The van der Waals surface area contributed by atoms with Crippen LogP contribution in [0.25, 0.3) is 0 Å². The molecule has 7 nitrogen and oxygen atoms in total. The molecule has 1 saturated heterocycles. The second kappa shape index (κ2) is 8.82. The lowest BCUT2D eigenvalue weighted by atomic mass is 10.1. The molecule has 7 heteroatoms. The molecule has 1 aliphatic heterocycles. The van der Waals surface area contributed by atoms with Crippen molar-refractivity contribution in [2.75, 3.05) is 32.7 Å². The summed E-state index contributed by atoms with van der Waals surface area (Å²) in [5.41, 5.74) is 1.19. The third-order valence-corrected chi connectivity index (χ3v) is 4.58. The predicted octanol–water partition coefficient (Wildman–Crippen LogP) is 0.617. The summed E-state index contributed by atoms with van der Waals surface area (Å²) in [5, 5.41) is 6.95. The topological polar surface area (TPSA) is 70.5 Å². The minimum absolute atomic E-state index is 0.00915. The van der Waals surface area contributed by atoms with Crippen LogP contribution in [0, 0.1) is 5.92 Å². The molecule has 24 heavy (non-hydrogen) atoms. The van der Waals surface area contributed by atoms with Crippen LogP contribution in [0.15, 0.2) is 12.4 Å². The molecule has 2 amide bonds. The summed E-state index contributed by atoms with van der Waals surface area (Å²) in [4.78, 5) is 28.3. The molecule has 0 aromatic carbocycles. The molecule has 1 aromatic rings. The zero-order chi connectivity index (χ0) is 17.5. The van der Waals surface area contributed by atoms with Gasteiger partial charge in [-0.1, -0.05) is 13.8 Å². The molecule has 134 valence electrons. The highest BCUT2D eigenvalue weighted by molar-refractivity contribution is 5.85. The van der Waals surface area contributed by atoms with Crippen LogP contribution in [0.3, 0.4) is 0 Å². The molecule has 0 aliphatic carbocycles. The molecule has 1 atom stereocenters. The van der Waals surface area contributed by atoms with Crippen molar-refractivity contribution in [3.63, 3.8) is 0 Å². The van der Waals surface area contributed by atoms with E-state index in [0.29, 0.717) is 6.54 Å². The molecule has 0 spiro atoms. The highest BCUT2D eigenvalue weighted by atomic mass is 16.2. The minimum Gasteiger partial charge on any atom is -0.347 e. The molecule has 2 rings (SSSR count). The van der Waals surface area contributed by atoms with E-state index in [-0.39, 0.29) is 24.3 Å². The van der Waals surface area contributed by atoms with Crippen LogP contribution in [0.1, 0.15) is 32.3 Å². The summed E-state index contributed by atoms with van der Waals surface area (Å²) in [6.07, 6.45) is 5.65. The van der Waals surface area contributed by atoms with Crippen LogP contribution in [-0.4, -0.2) is 64.1 Å². The molecule has 1 fully saturated rings. The van der Waals surface area contributed by atoms with E-state index in [4.69, 9.17) is 0 Å². The average Bonchev–Trinajstić information content (AvgIpc) is 2.84. The molecule has 1 unspecified atom stereocenters. The number of rotatable bonds is 6. The maximum atomic E-state index is 12.3. The van der Waals surface area contributed by atoms with E-state index in [0.717, 1.165) is 39.0 Å². The Morgan fingerprint density at radius 2 is 2.08 bits per heavy atom. The fraction of sp³-hybridized carbons (Fsp3) is 0.706. The molecule has 1 aromatic heterocycles. The smallest absolute Gasteiger partial charge is 0.242 e. The van der Waals surface area contributed by atoms with Gasteiger partial charge in [0.2, 0.25) is 11.8 Å². The van der Waals surface area contributed by atoms with Crippen LogP contribution in [0.5, 0.6) is 0 Å². The van der Waals surface area contributed by atoms with Gasteiger partial charge < -0.3 is 10.2 Å². The van der Waals surface area contributed by atoms with Crippen LogP contribution < -0.4 is 5.32 Å². The van der Waals surface area contributed by atoms with E-state index in [1.54, 1.807) is 0 Å². The molecule has 1 N–H and O–H groups in total. The first-order chi connectivity index (χ1) is 11.5.